The number of anilines is 1. The van der Waals surface area contributed by atoms with Crippen molar-refractivity contribution in [2.75, 3.05) is 4.72 Å². The van der Waals surface area contributed by atoms with Gasteiger partial charge in [0.05, 0.1) is 27.2 Å². The quantitative estimate of drug-likeness (QED) is 0.861. The van der Waals surface area contributed by atoms with E-state index in [9.17, 15) is 13.5 Å². The molecular formula is C13H10Cl3NO3S. The van der Waals surface area contributed by atoms with Gasteiger partial charge in [-0.05, 0) is 23.8 Å². The molecule has 112 valence electrons. The number of hydrogen-bond acceptors (Lipinski definition) is 3. The highest BCUT2D eigenvalue weighted by Crippen LogP contribution is 2.35. The van der Waals surface area contributed by atoms with Crippen molar-refractivity contribution in [3.05, 3.63) is 57.0 Å². The van der Waals surface area contributed by atoms with Crippen LogP contribution < -0.4 is 4.72 Å². The van der Waals surface area contributed by atoms with Crippen molar-refractivity contribution in [2.24, 2.45) is 0 Å². The maximum absolute atomic E-state index is 12.4. The van der Waals surface area contributed by atoms with Crippen LogP contribution in [0.2, 0.25) is 15.1 Å². The molecule has 2 aromatic rings. The predicted octanol–water partition coefficient (Wildman–Crippen LogP) is 3.94. The lowest BCUT2D eigenvalue weighted by Gasteiger charge is -2.13. The molecule has 0 atom stereocenters. The SMILES string of the molecule is O=S(=O)(Nc1c(Cl)cc(Cl)cc1Cl)c1ccccc1CO. The first-order chi connectivity index (χ1) is 9.85. The van der Waals surface area contributed by atoms with Crippen LogP contribution in [0.4, 0.5) is 5.69 Å². The molecule has 21 heavy (non-hydrogen) atoms. The van der Waals surface area contributed by atoms with Gasteiger partial charge in [-0.3, -0.25) is 4.72 Å². The van der Waals surface area contributed by atoms with Gasteiger partial charge in [0.15, 0.2) is 0 Å². The van der Waals surface area contributed by atoms with Gasteiger partial charge in [-0.25, -0.2) is 8.42 Å². The Kier molecular flexibility index (Phi) is 5.01. The van der Waals surface area contributed by atoms with Crippen LogP contribution in [0.3, 0.4) is 0 Å². The van der Waals surface area contributed by atoms with Gasteiger partial charge in [-0.15, -0.1) is 0 Å². The van der Waals surface area contributed by atoms with Crippen molar-refractivity contribution in [1.29, 1.82) is 0 Å². The van der Waals surface area contributed by atoms with E-state index in [0.29, 0.717) is 5.02 Å². The number of aliphatic hydroxyl groups excluding tert-OH is 1. The van der Waals surface area contributed by atoms with Crippen molar-refractivity contribution in [2.45, 2.75) is 11.5 Å². The smallest absolute Gasteiger partial charge is 0.262 e. The van der Waals surface area contributed by atoms with Gasteiger partial charge < -0.3 is 5.11 Å². The summed E-state index contributed by atoms with van der Waals surface area (Å²) in [6.45, 7) is -0.404. The van der Waals surface area contributed by atoms with Gasteiger partial charge in [0, 0.05) is 5.02 Å². The Hall–Kier alpha value is -0.980. The molecular weight excluding hydrogens is 357 g/mol. The van der Waals surface area contributed by atoms with Gasteiger partial charge in [-0.1, -0.05) is 53.0 Å². The molecule has 0 fully saturated rings. The zero-order valence-corrected chi connectivity index (χ0v) is 13.6. The average Bonchev–Trinajstić information content (AvgIpc) is 2.43. The summed E-state index contributed by atoms with van der Waals surface area (Å²) in [5.41, 5.74) is 0.307. The molecule has 0 radical (unpaired) electrons. The van der Waals surface area contributed by atoms with Crippen LogP contribution in [0, 0.1) is 0 Å². The monoisotopic (exact) mass is 365 g/mol. The maximum Gasteiger partial charge on any atom is 0.262 e. The Labute approximate surface area is 137 Å². The Morgan fingerprint density at radius 1 is 1.05 bits per heavy atom. The summed E-state index contributed by atoms with van der Waals surface area (Å²) < 4.78 is 27.1. The first-order valence-corrected chi connectivity index (χ1v) is 8.33. The molecule has 0 aromatic heterocycles. The summed E-state index contributed by atoms with van der Waals surface area (Å²) in [6, 6.07) is 8.84. The van der Waals surface area contributed by atoms with E-state index in [1.165, 1.54) is 24.3 Å². The highest BCUT2D eigenvalue weighted by Gasteiger charge is 2.20. The predicted molar refractivity (Wildman–Crippen MR) is 84.6 cm³/mol. The van der Waals surface area contributed by atoms with Crippen LogP contribution in [0.25, 0.3) is 0 Å². The molecule has 0 aliphatic carbocycles. The number of halogens is 3. The largest absolute Gasteiger partial charge is 0.392 e. The normalized spacial score (nSPS) is 11.4. The molecule has 0 aliphatic rings. The zero-order chi connectivity index (χ0) is 15.6. The first-order valence-electron chi connectivity index (χ1n) is 5.71. The van der Waals surface area contributed by atoms with Gasteiger partial charge in [0.25, 0.3) is 10.0 Å². The van der Waals surface area contributed by atoms with E-state index >= 15 is 0 Å². The van der Waals surface area contributed by atoms with Crippen LogP contribution in [0.5, 0.6) is 0 Å². The van der Waals surface area contributed by atoms with Gasteiger partial charge in [0.2, 0.25) is 0 Å². The van der Waals surface area contributed by atoms with E-state index in [4.69, 9.17) is 34.8 Å². The molecule has 0 heterocycles. The third kappa shape index (κ3) is 3.62. The van der Waals surface area contributed by atoms with Crippen LogP contribution in [-0.4, -0.2) is 13.5 Å². The maximum atomic E-state index is 12.4. The zero-order valence-electron chi connectivity index (χ0n) is 10.5. The molecule has 8 heteroatoms. The molecule has 0 aliphatic heterocycles. The summed E-state index contributed by atoms with van der Waals surface area (Å²) in [7, 11) is -3.94. The number of hydrogen-bond donors (Lipinski definition) is 2. The summed E-state index contributed by atoms with van der Waals surface area (Å²) in [4.78, 5) is -0.0467. The molecule has 2 rings (SSSR count). The standard InChI is InChI=1S/C13H10Cl3NO3S/c14-9-5-10(15)13(11(16)6-9)17-21(19,20)12-4-2-1-3-8(12)7-18/h1-6,17-18H,7H2. The highest BCUT2D eigenvalue weighted by atomic mass is 35.5. The van der Waals surface area contributed by atoms with E-state index in [0.717, 1.165) is 0 Å². The lowest BCUT2D eigenvalue weighted by molar-refractivity contribution is 0.278. The van der Waals surface area contributed by atoms with Gasteiger partial charge in [0.1, 0.15) is 0 Å². The number of sulfonamides is 1. The minimum Gasteiger partial charge on any atom is -0.392 e. The Morgan fingerprint density at radius 2 is 1.62 bits per heavy atom. The van der Waals surface area contributed by atoms with Crippen LogP contribution in [0.15, 0.2) is 41.3 Å². The number of rotatable bonds is 4. The highest BCUT2D eigenvalue weighted by molar-refractivity contribution is 7.92. The fourth-order valence-corrected chi connectivity index (χ4v) is 4.08. The van der Waals surface area contributed by atoms with Crippen LogP contribution in [-0.2, 0) is 16.6 Å². The van der Waals surface area contributed by atoms with Crippen molar-refractivity contribution < 1.29 is 13.5 Å². The molecule has 0 amide bonds. The van der Waals surface area contributed by atoms with Crippen LogP contribution in [0.1, 0.15) is 5.56 Å². The molecule has 2 N–H and O–H groups in total. The van der Waals surface area contributed by atoms with E-state index in [1.807, 2.05) is 0 Å². The lowest BCUT2D eigenvalue weighted by Crippen LogP contribution is -2.15. The van der Waals surface area contributed by atoms with E-state index in [1.54, 1.807) is 12.1 Å². The first kappa shape index (κ1) is 16.4. The molecule has 0 spiro atoms. The molecule has 2 aromatic carbocycles. The topological polar surface area (TPSA) is 66.4 Å². The van der Waals surface area contributed by atoms with E-state index < -0.39 is 16.6 Å². The second kappa shape index (κ2) is 6.42. The molecule has 0 unspecified atom stereocenters. The summed E-state index contributed by atoms with van der Waals surface area (Å²) in [5, 5.41) is 9.69. The third-order valence-electron chi connectivity index (χ3n) is 2.68. The Morgan fingerprint density at radius 3 is 2.19 bits per heavy atom. The Bertz CT molecular complexity index is 755. The fraction of sp³-hybridized carbons (Fsp3) is 0.0769. The van der Waals surface area contributed by atoms with Gasteiger partial charge in [-0.2, -0.15) is 0 Å². The minimum atomic E-state index is -3.94. The molecule has 0 saturated heterocycles. The number of aliphatic hydroxyl groups is 1. The number of nitrogens with one attached hydrogen (secondary N) is 1. The summed E-state index contributed by atoms with van der Waals surface area (Å²) >= 11 is 17.7. The summed E-state index contributed by atoms with van der Waals surface area (Å²) in [6.07, 6.45) is 0. The van der Waals surface area contributed by atoms with Crippen molar-refractivity contribution in [3.63, 3.8) is 0 Å². The molecule has 0 bridgehead atoms. The van der Waals surface area contributed by atoms with E-state index in [2.05, 4.69) is 4.72 Å². The number of benzene rings is 2. The molecule has 0 saturated carbocycles. The lowest BCUT2D eigenvalue weighted by atomic mass is 10.2. The van der Waals surface area contributed by atoms with E-state index in [-0.39, 0.29) is 26.2 Å². The van der Waals surface area contributed by atoms with Crippen molar-refractivity contribution in [1.82, 2.24) is 0 Å². The van der Waals surface area contributed by atoms with Crippen molar-refractivity contribution in [3.8, 4) is 0 Å². The van der Waals surface area contributed by atoms with Gasteiger partial charge >= 0.3 is 0 Å². The average molecular weight is 367 g/mol. The molecule has 4 nitrogen and oxygen atoms in total. The van der Waals surface area contributed by atoms with Crippen LogP contribution >= 0.6 is 34.8 Å². The Balaban J connectivity index is 2.48. The second-order valence-corrected chi connectivity index (χ2v) is 7.02. The fourth-order valence-electron chi connectivity index (χ4n) is 1.73. The third-order valence-corrected chi connectivity index (χ3v) is 4.94. The second-order valence-electron chi connectivity index (χ2n) is 4.12. The van der Waals surface area contributed by atoms with Crippen molar-refractivity contribution >= 4 is 50.5 Å². The summed E-state index contributed by atoms with van der Waals surface area (Å²) in [5.74, 6) is 0. The minimum absolute atomic E-state index is 0.0375.